The molecule has 3 atom stereocenters. The van der Waals surface area contributed by atoms with Gasteiger partial charge >= 0.3 is 5.97 Å². The van der Waals surface area contributed by atoms with Crippen molar-refractivity contribution in [1.82, 2.24) is 5.32 Å². The number of carboxylic acid groups (broad SMARTS) is 1. The third-order valence-corrected chi connectivity index (χ3v) is 4.53. The van der Waals surface area contributed by atoms with E-state index in [1.165, 1.54) is 0 Å². The number of rotatable bonds is 6. The second-order valence-electron chi connectivity index (χ2n) is 6.50. The van der Waals surface area contributed by atoms with E-state index in [0.29, 0.717) is 12.8 Å². The maximum atomic E-state index is 12.7. The minimum Gasteiger partial charge on any atom is -0.497 e. The normalized spacial score (nSPS) is 21.3. The number of hydrogen-bond acceptors (Lipinski definition) is 3. The van der Waals surface area contributed by atoms with Gasteiger partial charge in [-0.05, 0) is 36.5 Å². The van der Waals surface area contributed by atoms with E-state index < -0.39 is 17.8 Å². The van der Waals surface area contributed by atoms with Crippen LogP contribution in [0.1, 0.15) is 38.3 Å². The summed E-state index contributed by atoms with van der Waals surface area (Å²) in [7, 11) is 1.61. The number of benzene rings is 1. The summed E-state index contributed by atoms with van der Waals surface area (Å²) in [6.45, 7) is 4.06. The van der Waals surface area contributed by atoms with Crippen molar-refractivity contribution < 1.29 is 19.4 Å². The second-order valence-corrected chi connectivity index (χ2v) is 6.50. The molecule has 0 radical (unpaired) electrons. The first-order valence-corrected chi connectivity index (χ1v) is 8.26. The summed E-state index contributed by atoms with van der Waals surface area (Å²) in [5.41, 5.74) is 0.984. The van der Waals surface area contributed by atoms with Crippen molar-refractivity contribution in [3.05, 3.63) is 42.0 Å². The van der Waals surface area contributed by atoms with Crippen LogP contribution in [0.4, 0.5) is 0 Å². The number of allylic oxidation sites excluding steroid dienone is 2. The van der Waals surface area contributed by atoms with Crippen LogP contribution in [0.2, 0.25) is 0 Å². The van der Waals surface area contributed by atoms with Gasteiger partial charge in [0.15, 0.2) is 0 Å². The first-order chi connectivity index (χ1) is 11.4. The van der Waals surface area contributed by atoms with E-state index in [0.717, 1.165) is 11.3 Å². The van der Waals surface area contributed by atoms with Crippen LogP contribution < -0.4 is 10.1 Å². The fourth-order valence-corrected chi connectivity index (χ4v) is 3.08. The summed E-state index contributed by atoms with van der Waals surface area (Å²) in [5.74, 6) is -1.34. The Kier molecular flexibility index (Phi) is 6.01. The number of aliphatic carboxylic acids is 1. The predicted octanol–water partition coefficient (Wildman–Crippen LogP) is 3.18. The van der Waals surface area contributed by atoms with Crippen molar-refractivity contribution >= 4 is 11.9 Å². The van der Waals surface area contributed by atoms with E-state index in [2.05, 4.69) is 5.32 Å². The molecule has 0 fully saturated rings. The molecule has 2 rings (SSSR count). The molecule has 0 unspecified atom stereocenters. The van der Waals surface area contributed by atoms with Gasteiger partial charge in [-0.15, -0.1) is 0 Å². The van der Waals surface area contributed by atoms with Crippen LogP contribution in [0.25, 0.3) is 0 Å². The Labute approximate surface area is 142 Å². The van der Waals surface area contributed by atoms with Crippen molar-refractivity contribution in [3.63, 3.8) is 0 Å². The molecule has 1 aliphatic rings. The summed E-state index contributed by atoms with van der Waals surface area (Å²) in [4.78, 5) is 24.1. The molecule has 1 aromatic rings. The Morgan fingerprint density at radius 2 is 1.71 bits per heavy atom. The summed E-state index contributed by atoms with van der Waals surface area (Å²) >= 11 is 0. The number of methoxy groups -OCH3 is 1. The predicted molar refractivity (Wildman–Crippen MR) is 91.7 cm³/mol. The maximum Gasteiger partial charge on any atom is 0.307 e. The van der Waals surface area contributed by atoms with Gasteiger partial charge in [0.25, 0.3) is 0 Å². The second kappa shape index (κ2) is 7.99. The molecule has 0 aromatic heterocycles. The molecule has 5 nitrogen and oxygen atoms in total. The molecule has 0 saturated carbocycles. The highest BCUT2D eigenvalue weighted by Gasteiger charge is 2.35. The van der Waals surface area contributed by atoms with Gasteiger partial charge in [-0.2, -0.15) is 0 Å². The van der Waals surface area contributed by atoms with Gasteiger partial charge in [-0.25, -0.2) is 0 Å². The van der Waals surface area contributed by atoms with Gasteiger partial charge in [0.2, 0.25) is 5.91 Å². The van der Waals surface area contributed by atoms with Gasteiger partial charge in [0.05, 0.1) is 25.0 Å². The van der Waals surface area contributed by atoms with Crippen LogP contribution in [0.5, 0.6) is 5.75 Å². The molecule has 130 valence electrons. The fraction of sp³-hybridized carbons (Fsp3) is 0.474. The molecular weight excluding hydrogens is 306 g/mol. The van der Waals surface area contributed by atoms with Gasteiger partial charge in [-0.3, -0.25) is 9.59 Å². The molecule has 0 aliphatic heterocycles. The molecule has 24 heavy (non-hydrogen) atoms. The molecule has 0 heterocycles. The van der Waals surface area contributed by atoms with Crippen molar-refractivity contribution in [2.75, 3.05) is 7.11 Å². The van der Waals surface area contributed by atoms with Gasteiger partial charge in [0, 0.05) is 0 Å². The van der Waals surface area contributed by atoms with E-state index in [4.69, 9.17) is 4.74 Å². The summed E-state index contributed by atoms with van der Waals surface area (Å²) in [6, 6.07) is 7.42. The molecule has 1 aromatic carbocycles. The van der Waals surface area contributed by atoms with Gasteiger partial charge < -0.3 is 15.2 Å². The van der Waals surface area contributed by atoms with Crippen molar-refractivity contribution in [1.29, 1.82) is 0 Å². The van der Waals surface area contributed by atoms with Crippen molar-refractivity contribution in [2.45, 2.75) is 32.7 Å². The van der Waals surface area contributed by atoms with Crippen LogP contribution in [0, 0.1) is 17.8 Å². The van der Waals surface area contributed by atoms with Gasteiger partial charge in [-0.1, -0.05) is 38.1 Å². The molecule has 5 heteroatoms. The lowest BCUT2D eigenvalue weighted by molar-refractivity contribution is -0.147. The number of carbonyl (C=O) groups excluding carboxylic acids is 1. The zero-order chi connectivity index (χ0) is 17.7. The zero-order valence-electron chi connectivity index (χ0n) is 14.4. The van der Waals surface area contributed by atoms with E-state index in [-0.39, 0.29) is 17.9 Å². The SMILES string of the molecule is COc1ccc([C@H](NC(=O)[C@H]2CC=CC[C@@H]2C(=O)O)C(C)C)cc1. The summed E-state index contributed by atoms with van der Waals surface area (Å²) < 4.78 is 5.17. The molecule has 0 bridgehead atoms. The summed E-state index contributed by atoms with van der Waals surface area (Å²) in [5, 5.41) is 12.4. The number of carbonyl (C=O) groups is 2. The number of carboxylic acids is 1. The third-order valence-electron chi connectivity index (χ3n) is 4.53. The largest absolute Gasteiger partial charge is 0.497 e. The van der Waals surface area contributed by atoms with Crippen LogP contribution >= 0.6 is 0 Å². The molecule has 1 amide bonds. The smallest absolute Gasteiger partial charge is 0.307 e. The minimum absolute atomic E-state index is 0.163. The molecule has 2 N–H and O–H groups in total. The van der Waals surface area contributed by atoms with E-state index >= 15 is 0 Å². The molecule has 0 saturated heterocycles. The highest BCUT2D eigenvalue weighted by atomic mass is 16.5. The fourth-order valence-electron chi connectivity index (χ4n) is 3.08. The zero-order valence-corrected chi connectivity index (χ0v) is 14.4. The van der Waals surface area contributed by atoms with E-state index in [1.807, 2.05) is 50.3 Å². The maximum absolute atomic E-state index is 12.7. The van der Waals surface area contributed by atoms with Crippen LogP contribution in [-0.2, 0) is 9.59 Å². The Morgan fingerprint density at radius 1 is 1.12 bits per heavy atom. The van der Waals surface area contributed by atoms with E-state index in [1.54, 1.807) is 7.11 Å². The Morgan fingerprint density at radius 3 is 2.21 bits per heavy atom. The quantitative estimate of drug-likeness (QED) is 0.785. The number of nitrogens with one attached hydrogen (secondary N) is 1. The molecular formula is C19H25NO4. The van der Waals surface area contributed by atoms with Crippen molar-refractivity contribution in [2.24, 2.45) is 17.8 Å². The van der Waals surface area contributed by atoms with Crippen LogP contribution in [-0.4, -0.2) is 24.1 Å². The first-order valence-electron chi connectivity index (χ1n) is 8.26. The van der Waals surface area contributed by atoms with Crippen LogP contribution in [0.15, 0.2) is 36.4 Å². The lowest BCUT2D eigenvalue weighted by atomic mass is 9.82. The third kappa shape index (κ3) is 4.16. The lowest BCUT2D eigenvalue weighted by Gasteiger charge is -2.29. The topological polar surface area (TPSA) is 75.6 Å². The number of ether oxygens (including phenoxy) is 1. The highest BCUT2D eigenvalue weighted by Crippen LogP contribution is 2.29. The summed E-state index contributed by atoms with van der Waals surface area (Å²) in [6.07, 6.45) is 4.60. The average Bonchev–Trinajstić information content (AvgIpc) is 2.59. The Bertz CT molecular complexity index is 606. The molecule has 1 aliphatic carbocycles. The average molecular weight is 331 g/mol. The molecule has 0 spiro atoms. The van der Waals surface area contributed by atoms with E-state index in [9.17, 15) is 14.7 Å². The first kappa shape index (κ1) is 18.0. The minimum atomic E-state index is -0.912. The standard InChI is InChI=1S/C19H25NO4/c1-12(2)17(13-8-10-14(24-3)11-9-13)20-18(21)15-6-4-5-7-16(15)19(22)23/h4-5,8-12,15-17H,6-7H2,1-3H3,(H,20,21)(H,22,23)/t15-,16-,17+/m0/s1. The number of amides is 1. The van der Waals surface area contributed by atoms with Crippen molar-refractivity contribution in [3.8, 4) is 5.75 Å². The number of hydrogen-bond donors (Lipinski definition) is 2. The highest BCUT2D eigenvalue weighted by molar-refractivity contribution is 5.85. The lowest BCUT2D eigenvalue weighted by Crippen LogP contribution is -2.41. The van der Waals surface area contributed by atoms with Crippen LogP contribution in [0.3, 0.4) is 0 Å². The monoisotopic (exact) mass is 331 g/mol. The van der Waals surface area contributed by atoms with Gasteiger partial charge in [0.1, 0.15) is 5.75 Å². The Balaban J connectivity index is 2.15. The Hall–Kier alpha value is -2.30.